The molecule has 8 heteroatoms. The van der Waals surface area contributed by atoms with Gasteiger partial charge in [0, 0.05) is 32.7 Å². The molecule has 2 rings (SSSR count). The molecule has 1 saturated heterocycles. The van der Waals surface area contributed by atoms with Gasteiger partial charge in [0.25, 0.3) is 5.91 Å². The zero-order valence-corrected chi connectivity index (χ0v) is 15.6. The van der Waals surface area contributed by atoms with E-state index in [1.807, 2.05) is 11.0 Å². The topological polar surface area (TPSA) is 90.0 Å². The molecule has 0 saturated carbocycles. The van der Waals surface area contributed by atoms with E-state index in [2.05, 4.69) is 5.32 Å². The van der Waals surface area contributed by atoms with Crippen LogP contribution in [0.25, 0.3) is 0 Å². The Balaban J connectivity index is 1.77. The average Bonchev–Trinajstić information content (AvgIpc) is 2.57. The maximum Gasteiger partial charge on any atom is 0.251 e. The summed E-state index contributed by atoms with van der Waals surface area (Å²) in [6.45, 7) is 1.77. The highest BCUT2D eigenvalue weighted by molar-refractivity contribution is 7.89. The number of aliphatic hydroxyl groups excluding tert-OH is 1. The van der Waals surface area contributed by atoms with Crippen LogP contribution in [0.5, 0.6) is 0 Å². The molecule has 7 nitrogen and oxygen atoms in total. The minimum Gasteiger partial charge on any atom is -0.390 e. The van der Waals surface area contributed by atoms with Gasteiger partial charge in [-0.3, -0.25) is 4.79 Å². The number of hydrogen-bond donors (Lipinski definition) is 2. The summed E-state index contributed by atoms with van der Waals surface area (Å²) in [5.74, 6) is -0.0870. The molecule has 0 spiro atoms. The third-order valence-corrected chi connectivity index (χ3v) is 6.37. The molecular weight excluding hydrogens is 342 g/mol. The van der Waals surface area contributed by atoms with E-state index in [9.17, 15) is 18.3 Å². The molecule has 0 aliphatic carbocycles. The van der Waals surface area contributed by atoms with Crippen LogP contribution in [-0.4, -0.2) is 80.3 Å². The quantitative estimate of drug-likeness (QED) is 0.713. The molecule has 1 heterocycles. The van der Waals surface area contributed by atoms with Gasteiger partial charge in [-0.15, -0.1) is 0 Å². The largest absolute Gasteiger partial charge is 0.390 e. The molecular formula is C17H27N3O4S. The predicted octanol–water partition coefficient (Wildman–Crippen LogP) is 0.133. The van der Waals surface area contributed by atoms with Gasteiger partial charge < -0.3 is 15.3 Å². The van der Waals surface area contributed by atoms with Gasteiger partial charge in [-0.25, -0.2) is 12.7 Å². The SMILES string of the molecule is CN(C)S(=O)(=O)CCCN1CC[C@@H](NC(=O)c2ccccc2)[C@H](O)C1. The molecule has 1 fully saturated rings. The first-order valence-electron chi connectivity index (χ1n) is 8.46. The van der Waals surface area contributed by atoms with Crippen molar-refractivity contribution in [2.75, 3.05) is 39.5 Å². The summed E-state index contributed by atoms with van der Waals surface area (Å²) in [6, 6.07) is 8.64. The van der Waals surface area contributed by atoms with Crippen LogP contribution in [0.1, 0.15) is 23.2 Å². The van der Waals surface area contributed by atoms with Gasteiger partial charge in [0.15, 0.2) is 0 Å². The molecule has 2 N–H and O–H groups in total. The van der Waals surface area contributed by atoms with Crippen molar-refractivity contribution in [1.82, 2.24) is 14.5 Å². The Morgan fingerprint density at radius 2 is 2.00 bits per heavy atom. The molecule has 25 heavy (non-hydrogen) atoms. The van der Waals surface area contributed by atoms with Crippen molar-refractivity contribution in [2.45, 2.75) is 25.0 Å². The number of likely N-dealkylation sites (tertiary alicyclic amines) is 1. The summed E-state index contributed by atoms with van der Waals surface area (Å²) in [5.41, 5.74) is 0.575. The number of rotatable bonds is 7. The van der Waals surface area contributed by atoms with Gasteiger partial charge in [-0.1, -0.05) is 18.2 Å². The van der Waals surface area contributed by atoms with Crippen molar-refractivity contribution in [3.8, 4) is 0 Å². The minimum absolute atomic E-state index is 0.0980. The maximum absolute atomic E-state index is 12.2. The van der Waals surface area contributed by atoms with Gasteiger partial charge >= 0.3 is 0 Å². The van der Waals surface area contributed by atoms with Crippen LogP contribution in [0.4, 0.5) is 0 Å². The first kappa shape index (κ1) is 19.8. The highest BCUT2D eigenvalue weighted by Gasteiger charge is 2.29. The average molecular weight is 369 g/mol. The smallest absolute Gasteiger partial charge is 0.251 e. The predicted molar refractivity (Wildman–Crippen MR) is 96.9 cm³/mol. The third-order valence-electron chi connectivity index (χ3n) is 4.45. The summed E-state index contributed by atoms with van der Waals surface area (Å²) >= 11 is 0. The number of piperidine rings is 1. The number of nitrogens with one attached hydrogen (secondary N) is 1. The molecule has 1 aromatic carbocycles. The molecule has 2 atom stereocenters. The second-order valence-electron chi connectivity index (χ2n) is 6.55. The molecule has 1 aliphatic rings. The summed E-state index contributed by atoms with van der Waals surface area (Å²) in [4.78, 5) is 14.2. The molecule has 1 amide bonds. The third kappa shape index (κ3) is 5.78. The maximum atomic E-state index is 12.2. The number of amides is 1. The summed E-state index contributed by atoms with van der Waals surface area (Å²) in [7, 11) is -0.127. The van der Waals surface area contributed by atoms with E-state index in [4.69, 9.17) is 0 Å². The zero-order chi connectivity index (χ0) is 18.4. The summed E-state index contributed by atoms with van der Waals surface area (Å²) in [5, 5.41) is 13.2. The Bertz CT molecular complexity index is 664. The summed E-state index contributed by atoms with van der Waals surface area (Å²) in [6.07, 6.45) is 0.501. The van der Waals surface area contributed by atoms with Crippen molar-refractivity contribution in [1.29, 1.82) is 0 Å². The van der Waals surface area contributed by atoms with Crippen LogP contribution in [-0.2, 0) is 10.0 Å². The fraction of sp³-hybridized carbons (Fsp3) is 0.588. The second-order valence-corrected chi connectivity index (χ2v) is 8.86. The van der Waals surface area contributed by atoms with Gasteiger partial charge in [0.2, 0.25) is 10.0 Å². The zero-order valence-electron chi connectivity index (χ0n) is 14.8. The summed E-state index contributed by atoms with van der Waals surface area (Å²) < 4.78 is 24.7. The van der Waals surface area contributed by atoms with Crippen LogP contribution in [0, 0.1) is 0 Å². The van der Waals surface area contributed by atoms with Crippen LogP contribution in [0.3, 0.4) is 0 Å². The van der Waals surface area contributed by atoms with Crippen molar-refractivity contribution >= 4 is 15.9 Å². The highest BCUT2D eigenvalue weighted by atomic mass is 32.2. The first-order chi connectivity index (χ1) is 11.8. The lowest BCUT2D eigenvalue weighted by Crippen LogP contribution is -2.54. The Kier molecular flexibility index (Phi) is 6.95. The van der Waals surface area contributed by atoms with E-state index in [1.54, 1.807) is 24.3 Å². The normalized spacial score (nSPS) is 22.1. The lowest BCUT2D eigenvalue weighted by atomic mass is 10.0. The van der Waals surface area contributed by atoms with Gasteiger partial charge in [0.05, 0.1) is 17.9 Å². The Hall–Kier alpha value is -1.48. The van der Waals surface area contributed by atoms with E-state index < -0.39 is 16.1 Å². The number of benzene rings is 1. The van der Waals surface area contributed by atoms with Crippen molar-refractivity contribution < 1.29 is 18.3 Å². The van der Waals surface area contributed by atoms with E-state index in [1.165, 1.54) is 18.4 Å². The van der Waals surface area contributed by atoms with Crippen LogP contribution in [0.15, 0.2) is 30.3 Å². The number of carbonyl (C=O) groups is 1. The van der Waals surface area contributed by atoms with Crippen LogP contribution < -0.4 is 5.32 Å². The first-order valence-corrected chi connectivity index (χ1v) is 10.1. The van der Waals surface area contributed by atoms with Gasteiger partial charge in [-0.05, 0) is 31.5 Å². The van der Waals surface area contributed by atoms with Gasteiger partial charge in [-0.2, -0.15) is 0 Å². The van der Waals surface area contributed by atoms with Crippen LogP contribution in [0.2, 0.25) is 0 Å². The molecule has 1 aromatic rings. The van der Waals surface area contributed by atoms with Crippen molar-refractivity contribution in [3.63, 3.8) is 0 Å². The van der Waals surface area contributed by atoms with E-state index in [-0.39, 0.29) is 17.7 Å². The lowest BCUT2D eigenvalue weighted by Gasteiger charge is -2.36. The molecule has 140 valence electrons. The number of carbonyl (C=O) groups excluding carboxylic acids is 1. The molecule has 0 unspecified atom stereocenters. The number of nitrogens with zero attached hydrogens (tertiary/aromatic N) is 2. The van der Waals surface area contributed by atoms with Crippen molar-refractivity contribution in [2.24, 2.45) is 0 Å². The second kappa shape index (κ2) is 8.75. The molecule has 0 radical (unpaired) electrons. The van der Waals surface area contributed by atoms with E-state index in [0.29, 0.717) is 31.5 Å². The highest BCUT2D eigenvalue weighted by Crippen LogP contribution is 2.13. The number of β-amino-alcohol motifs (C(OH)–C–C–N with tert-alkyl or cyclic N) is 1. The minimum atomic E-state index is -3.18. The Morgan fingerprint density at radius 1 is 1.32 bits per heavy atom. The lowest BCUT2D eigenvalue weighted by molar-refractivity contribution is 0.0380. The number of hydrogen-bond acceptors (Lipinski definition) is 5. The van der Waals surface area contributed by atoms with E-state index >= 15 is 0 Å². The Labute approximate surface area is 149 Å². The Morgan fingerprint density at radius 3 is 2.60 bits per heavy atom. The monoisotopic (exact) mass is 369 g/mol. The van der Waals surface area contributed by atoms with Crippen LogP contribution >= 0.6 is 0 Å². The molecule has 1 aliphatic heterocycles. The fourth-order valence-electron chi connectivity index (χ4n) is 2.86. The molecule has 0 bridgehead atoms. The van der Waals surface area contributed by atoms with E-state index in [0.717, 1.165) is 6.54 Å². The van der Waals surface area contributed by atoms with Crippen molar-refractivity contribution in [3.05, 3.63) is 35.9 Å². The molecule has 0 aromatic heterocycles. The van der Waals surface area contributed by atoms with Gasteiger partial charge in [0.1, 0.15) is 0 Å². The fourth-order valence-corrected chi connectivity index (χ4v) is 3.72. The number of sulfonamides is 1. The number of aliphatic hydroxyl groups is 1. The standard InChI is InChI=1S/C17H27N3O4S/c1-19(2)25(23,24)12-6-10-20-11-9-15(16(21)13-20)18-17(22)14-7-4-3-5-8-14/h3-5,7-8,15-16,21H,6,9-13H2,1-2H3,(H,18,22)/t15-,16-/m1/s1.